The van der Waals surface area contributed by atoms with E-state index in [1.165, 1.54) is 11.2 Å². The fourth-order valence-electron chi connectivity index (χ4n) is 3.91. The maximum Gasteiger partial charge on any atom is 0.253 e. The molecule has 6 nitrogen and oxygen atoms in total. The second-order valence-electron chi connectivity index (χ2n) is 8.00. The molecule has 0 bridgehead atoms. The third-order valence-electron chi connectivity index (χ3n) is 5.59. The molecular weight excluding hydrogens is 419 g/mol. The molecule has 0 spiro atoms. The average molecular weight is 441 g/mol. The number of amides is 1. The van der Waals surface area contributed by atoms with Gasteiger partial charge in [0.1, 0.15) is 18.0 Å². The lowest BCUT2D eigenvalue weighted by atomic mass is 9.94. The van der Waals surface area contributed by atoms with Gasteiger partial charge in [-0.2, -0.15) is 0 Å². The van der Waals surface area contributed by atoms with Gasteiger partial charge in [-0.25, -0.2) is 23.1 Å². The van der Waals surface area contributed by atoms with Crippen molar-refractivity contribution in [3.05, 3.63) is 77.4 Å². The van der Waals surface area contributed by atoms with Gasteiger partial charge < -0.3 is 15.5 Å². The van der Waals surface area contributed by atoms with E-state index in [4.69, 9.17) is 5.73 Å². The maximum absolute atomic E-state index is 14.3. The molecule has 1 aliphatic rings. The van der Waals surface area contributed by atoms with Crippen molar-refractivity contribution in [2.45, 2.75) is 12.0 Å². The Morgan fingerprint density at radius 3 is 2.53 bits per heavy atom. The highest BCUT2D eigenvalue weighted by atomic mass is 19.2. The average Bonchev–Trinajstić information content (AvgIpc) is 3.17. The van der Waals surface area contributed by atoms with Gasteiger partial charge in [-0.1, -0.05) is 12.1 Å². The highest BCUT2D eigenvalue weighted by Gasteiger charge is 2.34. The minimum Gasteiger partial charge on any atom is -0.354 e. The van der Waals surface area contributed by atoms with Gasteiger partial charge in [-0.05, 0) is 23.8 Å². The van der Waals surface area contributed by atoms with E-state index in [1.807, 2.05) is 11.0 Å². The number of hydrogen-bond donors (Lipinski definition) is 1. The van der Waals surface area contributed by atoms with Crippen LogP contribution in [0.1, 0.15) is 21.8 Å². The Morgan fingerprint density at radius 1 is 1.03 bits per heavy atom. The van der Waals surface area contributed by atoms with Crippen molar-refractivity contribution in [2.75, 3.05) is 32.1 Å². The zero-order valence-corrected chi connectivity index (χ0v) is 17.6. The second-order valence-corrected chi connectivity index (χ2v) is 8.00. The Hall–Kier alpha value is -3.46. The minimum atomic E-state index is -1.23. The first-order valence-electron chi connectivity index (χ1n) is 10.0. The Morgan fingerprint density at radius 2 is 1.78 bits per heavy atom. The number of hydrogen-bond acceptors (Lipinski definition) is 5. The Kier molecular flexibility index (Phi) is 5.84. The number of nitrogens with two attached hydrogens (primary N) is 1. The number of anilines is 1. The molecule has 1 aliphatic heterocycles. The van der Waals surface area contributed by atoms with E-state index in [0.717, 1.165) is 11.6 Å². The molecule has 2 heterocycles. The lowest BCUT2D eigenvalue weighted by molar-refractivity contribution is 0.0827. The van der Waals surface area contributed by atoms with E-state index >= 15 is 0 Å². The van der Waals surface area contributed by atoms with Crippen LogP contribution in [0.4, 0.5) is 19.0 Å². The predicted octanol–water partition coefficient (Wildman–Crippen LogP) is 3.19. The summed E-state index contributed by atoms with van der Waals surface area (Å²) in [6.07, 6.45) is 1.40. The molecule has 0 aliphatic carbocycles. The van der Waals surface area contributed by atoms with Crippen molar-refractivity contribution in [1.82, 2.24) is 14.9 Å². The number of aromatic nitrogens is 2. The Balaban J connectivity index is 1.60. The molecule has 4 rings (SSSR count). The van der Waals surface area contributed by atoms with Gasteiger partial charge in [0.25, 0.3) is 5.91 Å². The SMILES string of the molecule is CN(C)C(=O)c1cccc(-c2cc(N3CC(N)C(c4cc(F)c(F)cc4F)C3)ncn2)c1. The first-order chi connectivity index (χ1) is 15.2. The molecule has 1 saturated heterocycles. The molecule has 1 fully saturated rings. The van der Waals surface area contributed by atoms with Gasteiger partial charge in [0.05, 0.1) is 5.69 Å². The van der Waals surface area contributed by atoms with Crippen LogP contribution in [0.2, 0.25) is 0 Å². The van der Waals surface area contributed by atoms with E-state index in [9.17, 15) is 18.0 Å². The fraction of sp³-hybridized carbons (Fsp3) is 0.261. The smallest absolute Gasteiger partial charge is 0.253 e. The minimum absolute atomic E-state index is 0.0445. The van der Waals surface area contributed by atoms with Crippen LogP contribution in [0.25, 0.3) is 11.3 Å². The van der Waals surface area contributed by atoms with Gasteiger partial charge in [0.15, 0.2) is 11.6 Å². The van der Waals surface area contributed by atoms with Crippen LogP contribution in [-0.4, -0.2) is 54.0 Å². The molecule has 2 N–H and O–H groups in total. The zero-order chi connectivity index (χ0) is 23.0. The van der Waals surface area contributed by atoms with Crippen molar-refractivity contribution in [3.63, 3.8) is 0 Å². The van der Waals surface area contributed by atoms with E-state index in [1.54, 1.807) is 38.4 Å². The number of carbonyl (C=O) groups excluding carboxylic acids is 1. The highest BCUT2D eigenvalue weighted by molar-refractivity contribution is 5.95. The molecule has 166 valence electrons. The third kappa shape index (κ3) is 4.16. The summed E-state index contributed by atoms with van der Waals surface area (Å²) in [5, 5.41) is 0. The molecule has 1 aromatic heterocycles. The number of nitrogens with zero attached hydrogens (tertiary/aromatic N) is 4. The summed E-state index contributed by atoms with van der Waals surface area (Å²) in [5.41, 5.74) is 8.15. The molecular formula is C23H22F3N5O. The largest absolute Gasteiger partial charge is 0.354 e. The van der Waals surface area contributed by atoms with E-state index in [2.05, 4.69) is 9.97 Å². The quantitative estimate of drug-likeness (QED) is 0.630. The number of halogens is 3. The van der Waals surface area contributed by atoms with Crippen molar-refractivity contribution < 1.29 is 18.0 Å². The summed E-state index contributed by atoms with van der Waals surface area (Å²) >= 11 is 0. The standard InChI is InChI=1S/C23H22F3N5O/c1-30(2)23(32)14-5-3-4-13(6-14)21-9-22(29-12-28-21)31-10-16(20(27)11-31)15-7-18(25)19(26)8-17(15)24/h3-9,12,16,20H,10-11,27H2,1-2H3. The molecule has 0 radical (unpaired) electrons. The van der Waals surface area contributed by atoms with E-state index in [-0.39, 0.29) is 11.5 Å². The second kappa shape index (κ2) is 8.58. The lowest BCUT2D eigenvalue weighted by Crippen LogP contribution is -2.29. The summed E-state index contributed by atoms with van der Waals surface area (Å²) < 4.78 is 41.3. The maximum atomic E-state index is 14.3. The zero-order valence-electron chi connectivity index (χ0n) is 17.6. The highest BCUT2D eigenvalue weighted by Crippen LogP contribution is 2.33. The fourth-order valence-corrected chi connectivity index (χ4v) is 3.91. The van der Waals surface area contributed by atoms with Crippen LogP contribution in [-0.2, 0) is 0 Å². The summed E-state index contributed by atoms with van der Waals surface area (Å²) in [4.78, 5) is 24.2. The van der Waals surface area contributed by atoms with Gasteiger partial charge in [0.2, 0.25) is 0 Å². The normalized spacial score (nSPS) is 18.1. The van der Waals surface area contributed by atoms with Gasteiger partial charge in [0, 0.05) is 62.4 Å². The molecule has 32 heavy (non-hydrogen) atoms. The van der Waals surface area contributed by atoms with Crippen LogP contribution in [0.15, 0.2) is 48.8 Å². The number of benzene rings is 2. The molecule has 1 amide bonds. The number of rotatable bonds is 4. The van der Waals surface area contributed by atoms with Gasteiger partial charge in [-0.15, -0.1) is 0 Å². The van der Waals surface area contributed by atoms with Crippen LogP contribution in [0, 0.1) is 17.5 Å². The third-order valence-corrected chi connectivity index (χ3v) is 5.59. The van der Waals surface area contributed by atoms with Crippen LogP contribution >= 0.6 is 0 Å². The summed E-state index contributed by atoms with van der Waals surface area (Å²) in [5.74, 6) is -3.24. The van der Waals surface area contributed by atoms with Crippen molar-refractivity contribution in [2.24, 2.45) is 5.73 Å². The summed E-state index contributed by atoms with van der Waals surface area (Å²) in [6, 6.07) is 9.79. The summed E-state index contributed by atoms with van der Waals surface area (Å²) in [7, 11) is 3.36. The first-order valence-corrected chi connectivity index (χ1v) is 10.0. The Bertz CT molecular complexity index is 1170. The van der Waals surface area contributed by atoms with Crippen LogP contribution in [0.3, 0.4) is 0 Å². The van der Waals surface area contributed by atoms with Crippen molar-refractivity contribution >= 4 is 11.7 Å². The monoisotopic (exact) mass is 441 g/mol. The molecule has 9 heteroatoms. The first kappa shape index (κ1) is 21.8. The van der Waals surface area contributed by atoms with Crippen LogP contribution in [0.5, 0.6) is 0 Å². The molecule has 3 aromatic rings. The topological polar surface area (TPSA) is 75.4 Å². The Labute approximate surface area is 183 Å². The predicted molar refractivity (Wildman–Crippen MR) is 115 cm³/mol. The van der Waals surface area contributed by atoms with E-state index < -0.39 is 29.4 Å². The van der Waals surface area contributed by atoms with E-state index in [0.29, 0.717) is 36.2 Å². The molecule has 2 unspecified atom stereocenters. The van der Waals surface area contributed by atoms with Gasteiger partial charge >= 0.3 is 0 Å². The van der Waals surface area contributed by atoms with Crippen LogP contribution < -0.4 is 10.6 Å². The molecule has 0 saturated carbocycles. The van der Waals surface area contributed by atoms with Gasteiger partial charge in [-0.3, -0.25) is 4.79 Å². The number of carbonyl (C=O) groups is 1. The summed E-state index contributed by atoms with van der Waals surface area (Å²) in [6.45, 7) is 0.650. The van der Waals surface area contributed by atoms with Crippen molar-refractivity contribution in [3.8, 4) is 11.3 Å². The molecule has 2 aromatic carbocycles. The molecule has 2 atom stereocenters. The van der Waals surface area contributed by atoms with Crippen molar-refractivity contribution in [1.29, 1.82) is 0 Å². The lowest BCUT2D eigenvalue weighted by Gasteiger charge is -2.18.